The summed E-state index contributed by atoms with van der Waals surface area (Å²) >= 11 is 1.95. The summed E-state index contributed by atoms with van der Waals surface area (Å²) in [4.78, 5) is 0. The van der Waals surface area contributed by atoms with Crippen LogP contribution in [0.1, 0.15) is 32.1 Å². The number of alkyl halides is 1. The van der Waals surface area contributed by atoms with Crippen molar-refractivity contribution in [1.29, 1.82) is 0 Å². The molecular formula is C12H20FNOS. The Labute approximate surface area is 100 Å². The predicted molar refractivity (Wildman–Crippen MR) is 64.4 cm³/mol. The Kier molecular flexibility index (Phi) is 2.72. The average Bonchev–Trinajstić information content (AvgIpc) is 2.64. The van der Waals surface area contributed by atoms with Gasteiger partial charge >= 0.3 is 0 Å². The maximum absolute atomic E-state index is 14.5. The molecule has 1 saturated carbocycles. The van der Waals surface area contributed by atoms with E-state index < -0.39 is 5.67 Å². The first kappa shape index (κ1) is 11.3. The number of hydrogen-bond acceptors (Lipinski definition) is 3. The molecule has 3 fully saturated rings. The van der Waals surface area contributed by atoms with Gasteiger partial charge in [0, 0.05) is 18.4 Å². The molecule has 1 spiro atoms. The van der Waals surface area contributed by atoms with Crippen molar-refractivity contribution < 1.29 is 9.13 Å². The summed E-state index contributed by atoms with van der Waals surface area (Å²) in [7, 11) is 0. The molecule has 0 radical (unpaired) electrons. The summed E-state index contributed by atoms with van der Waals surface area (Å²) in [5.41, 5.74) is 4.77. The van der Waals surface area contributed by atoms with Crippen molar-refractivity contribution in [3.8, 4) is 0 Å². The number of halogens is 1. The highest BCUT2D eigenvalue weighted by Crippen LogP contribution is 2.50. The maximum Gasteiger partial charge on any atom is 0.117 e. The molecule has 92 valence electrons. The first-order valence-corrected chi connectivity index (χ1v) is 7.44. The van der Waals surface area contributed by atoms with E-state index in [0.717, 1.165) is 31.6 Å². The van der Waals surface area contributed by atoms with E-state index in [1.54, 1.807) is 0 Å². The molecule has 0 aromatic carbocycles. The lowest BCUT2D eigenvalue weighted by Crippen LogP contribution is -2.56. The molecule has 2 aliphatic heterocycles. The second-order valence-electron chi connectivity index (χ2n) is 5.73. The first-order valence-electron chi connectivity index (χ1n) is 6.28. The van der Waals surface area contributed by atoms with Gasteiger partial charge in [0.1, 0.15) is 5.67 Å². The third-order valence-corrected chi connectivity index (χ3v) is 5.72. The fourth-order valence-electron chi connectivity index (χ4n) is 3.48. The molecule has 1 aliphatic carbocycles. The molecule has 2 nitrogen and oxygen atoms in total. The molecule has 3 aliphatic rings. The molecule has 0 bridgehead atoms. The van der Waals surface area contributed by atoms with Gasteiger partial charge in [-0.2, -0.15) is 11.8 Å². The Morgan fingerprint density at radius 3 is 2.75 bits per heavy atom. The molecule has 0 aromatic heterocycles. The molecule has 4 heteroatoms. The lowest BCUT2D eigenvalue weighted by molar-refractivity contribution is -0.131. The standard InChI is InChI=1S/C12H20FNOS/c13-12(6-10(14)7-12)9-1-3-15-11(5-9)2-4-16-8-11/h9-10H,1-8,14H2. The zero-order chi connectivity index (χ0) is 11.2. The molecule has 0 aromatic rings. The van der Waals surface area contributed by atoms with Crippen molar-refractivity contribution in [1.82, 2.24) is 0 Å². The lowest BCUT2D eigenvalue weighted by atomic mass is 9.65. The normalized spacial score (nSPS) is 52.9. The SMILES string of the molecule is NC1CC(F)(C2CCOC3(CCSC3)C2)C1. The molecular weight excluding hydrogens is 225 g/mol. The summed E-state index contributed by atoms with van der Waals surface area (Å²) in [6.07, 6.45) is 4.05. The Hall–Kier alpha value is 0.200. The van der Waals surface area contributed by atoms with E-state index in [4.69, 9.17) is 10.5 Å². The van der Waals surface area contributed by atoms with Gasteiger partial charge in [0.25, 0.3) is 0 Å². The van der Waals surface area contributed by atoms with Gasteiger partial charge in [-0.15, -0.1) is 0 Å². The van der Waals surface area contributed by atoms with Crippen LogP contribution in [0.2, 0.25) is 0 Å². The van der Waals surface area contributed by atoms with Crippen LogP contribution in [-0.4, -0.2) is 35.4 Å². The van der Waals surface area contributed by atoms with E-state index >= 15 is 0 Å². The van der Waals surface area contributed by atoms with Gasteiger partial charge in [0.15, 0.2) is 0 Å². The summed E-state index contributed by atoms with van der Waals surface area (Å²) in [6.45, 7) is 0.742. The Balaban J connectivity index is 1.68. The third-order valence-electron chi connectivity index (χ3n) is 4.49. The van der Waals surface area contributed by atoms with E-state index in [-0.39, 0.29) is 17.6 Å². The van der Waals surface area contributed by atoms with Gasteiger partial charge in [-0.1, -0.05) is 0 Å². The minimum atomic E-state index is -0.969. The van der Waals surface area contributed by atoms with Gasteiger partial charge in [-0.05, 0) is 43.8 Å². The van der Waals surface area contributed by atoms with Crippen molar-refractivity contribution in [3.05, 3.63) is 0 Å². The average molecular weight is 245 g/mol. The zero-order valence-corrected chi connectivity index (χ0v) is 10.4. The van der Waals surface area contributed by atoms with Crippen molar-refractivity contribution in [2.45, 2.75) is 49.4 Å². The molecule has 3 rings (SSSR count). The van der Waals surface area contributed by atoms with Crippen LogP contribution in [0.25, 0.3) is 0 Å². The number of hydrogen-bond donors (Lipinski definition) is 1. The van der Waals surface area contributed by atoms with E-state index in [2.05, 4.69) is 0 Å². The zero-order valence-electron chi connectivity index (χ0n) is 9.58. The molecule has 2 saturated heterocycles. The molecule has 2 N–H and O–H groups in total. The van der Waals surface area contributed by atoms with Crippen molar-refractivity contribution in [2.24, 2.45) is 11.7 Å². The van der Waals surface area contributed by atoms with Crippen molar-refractivity contribution >= 4 is 11.8 Å². The molecule has 2 unspecified atom stereocenters. The quantitative estimate of drug-likeness (QED) is 0.768. The van der Waals surface area contributed by atoms with Crippen LogP contribution in [0.5, 0.6) is 0 Å². The summed E-state index contributed by atoms with van der Waals surface area (Å²) in [5.74, 6) is 2.43. The lowest BCUT2D eigenvalue weighted by Gasteiger charge is -2.49. The molecule has 16 heavy (non-hydrogen) atoms. The molecule has 2 heterocycles. The number of ether oxygens (including phenoxy) is 1. The van der Waals surface area contributed by atoms with Gasteiger partial charge in [0.2, 0.25) is 0 Å². The minimum absolute atomic E-state index is 0.00631. The second kappa shape index (κ2) is 3.85. The van der Waals surface area contributed by atoms with Crippen LogP contribution in [0.4, 0.5) is 4.39 Å². The van der Waals surface area contributed by atoms with Gasteiger partial charge in [-0.25, -0.2) is 4.39 Å². The highest BCUT2D eigenvalue weighted by Gasteiger charge is 2.53. The maximum atomic E-state index is 14.5. The van der Waals surface area contributed by atoms with E-state index in [9.17, 15) is 4.39 Å². The van der Waals surface area contributed by atoms with Crippen LogP contribution in [0.3, 0.4) is 0 Å². The summed E-state index contributed by atoms with van der Waals surface area (Å²) in [5, 5.41) is 0. The number of nitrogens with two attached hydrogens (primary N) is 1. The van der Waals surface area contributed by atoms with Crippen molar-refractivity contribution in [2.75, 3.05) is 18.1 Å². The number of rotatable bonds is 1. The Bertz CT molecular complexity index is 274. The summed E-state index contributed by atoms with van der Waals surface area (Å²) < 4.78 is 20.5. The topological polar surface area (TPSA) is 35.2 Å². The monoisotopic (exact) mass is 245 g/mol. The van der Waals surface area contributed by atoms with Gasteiger partial charge < -0.3 is 10.5 Å². The second-order valence-corrected chi connectivity index (χ2v) is 6.83. The van der Waals surface area contributed by atoms with Crippen LogP contribution in [0, 0.1) is 5.92 Å². The largest absolute Gasteiger partial charge is 0.374 e. The molecule has 2 atom stereocenters. The van der Waals surface area contributed by atoms with Crippen LogP contribution < -0.4 is 5.73 Å². The van der Waals surface area contributed by atoms with Crippen LogP contribution in [0.15, 0.2) is 0 Å². The highest BCUT2D eigenvalue weighted by molar-refractivity contribution is 7.99. The van der Waals surface area contributed by atoms with E-state index in [1.807, 2.05) is 11.8 Å². The third kappa shape index (κ3) is 1.79. The highest BCUT2D eigenvalue weighted by atomic mass is 32.2. The first-order chi connectivity index (χ1) is 7.62. The smallest absolute Gasteiger partial charge is 0.117 e. The molecule has 0 amide bonds. The van der Waals surface area contributed by atoms with Crippen LogP contribution in [-0.2, 0) is 4.74 Å². The van der Waals surface area contributed by atoms with Crippen molar-refractivity contribution in [3.63, 3.8) is 0 Å². The summed E-state index contributed by atoms with van der Waals surface area (Å²) in [6, 6.07) is 0.0988. The Morgan fingerprint density at radius 1 is 1.31 bits per heavy atom. The predicted octanol–water partition coefficient (Wildman–Crippen LogP) is 2.12. The fraction of sp³-hybridized carbons (Fsp3) is 1.00. The van der Waals surface area contributed by atoms with E-state index in [0.29, 0.717) is 12.8 Å². The van der Waals surface area contributed by atoms with Gasteiger partial charge in [0.05, 0.1) is 5.60 Å². The van der Waals surface area contributed by atoms with E-state index in [1.165, 1.54) is 5.75 Å². The minimum Gasteiger partial charge on any atom is -0.374 e. The number of thioether (sulfide) groups is 1. The van der Waals surface area contributed by atoms with Crippen LogP contribution >= 0.6 is 11.8 Å². The fourth-order valence-corrected chi connectivity index (χ4v) is 4.86. The Morgan fingerprint density at radius 2 is 2.12 bits per heavy atom. The van der Waals surface area contributed by atoms with Gasteiger partial charge in [-0.3, -0.25) is 0 Å².